The Bertz CT molecular complexity index is 251. The van der Waals surface area contributed by atoms with Crippen molar-refractivity contribution in [3.05, 3.63) is 12.2 Å². The molecule has 0 bridgehead atoms. The largest absolute Gasteiger partial charge is 0.480 e. The summed E-state index contributed by atoms with van der Waals surface area (Å²) in [5.74, 6) is -3.98. The van der Waals surface area contributed by atoms with Crippen LogP contribution in [0.1, 0.15) is 6.42 Å². The van der Waals surface area contributed by atoms with Crippen LogP contribution in [0.5, 0.6) is 0 Å². The van der Waals surface area contributed by atoms with Crippen molar-refractivity contribution >= 4 is 17.5 Å². The molecule has 0 aromatic carbocycles. The summed E-state index contributed by atoms with van der Waals surface area (Å²) >= 11 is 0. The second kappa shape index (κ2) is 2.65. The Hall–Kier alpha value is -1.45. The fourth-order valence-corrected chi connectivity index (χ4v) is 0.923. The molecule has 1 aliphatic carbocycles. The molecule has 0 saturated carbocycles. The quantitative estimate of drug-likeness (QED) is 0.530. The molecule has 1 aliphatic rings. The van der Waals surface area contributed by atoms with Gasteiger partial charge < -0.3 is 5.11 Å². The van der Waals surface area contributed by atoms with Crippen LogP contribution < -0.4 is 0 Å². The lowest BCUT2D eigenvalue weighted by atomic mass is 9.92. The van der Waals surface area contributed by atoms with Crippen molar-refractivity contribution in [2.75, 3.05) is 0 Å². The zero-order chi connectivity index (χ0) is 8.43. The van der Waals surface area contributed by atoms with E-state index in [1.807, 2.05) is 0 Å². The van der Waals surface area contributed by atoms with Gasteiger partial charge in [0.15, 0.2) is 17.5 Å². The van der Waals surface area contributed by atoms with Gasteiger partial charge in [-0.2, -0.15) is 0 Å². The fraction of sp³-hybridized carbons (Fsp3) is 0.286. The van der Waals surface area contributed by atoms with Crippen LogP contribution in [0, 0.1) is 5.92 Å². The van der Waals surface area contributed by atoms with E-state index in [0.29, 0.717) is 0 Å². The van der Waals surface area contributed by atoms with E-state index in [9.17, 15) is 14.4 Å². The smallest absolute Gasteiger partial charge is 0.322 e. The number of Topliss-reactive ketones (excluding diaryl/α,β-unsaturated/α-hetero) is 1. The molecule has 58 valence electrons. The van der Waals surface area contributed by atoms with E-state index < -0.39 is 23.5 Å². The molecule has 0 spiro atoms. The van der Waals surface area contributed by atoms with Crippen molar-refractivity contribution in [1.82, 2.24) is 0 Å². The number of carbonyl (C=O) groups excluding carboxylic acids is 2. The molecule has 1 rings (SSSR count). The van der Waals surface area contributed by atoms with E-state index in [-0.39, 0.29) is 6.42 Å². The van der Waals surface area contributed by atoms with Crippen molar-refractivity contribution in [2.24, 2.45) is 5.92 Å². The molecular formula is C7H6O4. The number of hydrogen-bond acceptors (Lipinski definition) is 3. The Labute approximate surface area is 62.5 Å². The molecule has 0 saturated heterocycles. The first-order valence-corrected chi connectivity index (χ1v) is 3.09. The minimum absolute atomic E-state index is 0.0444. The average Bonchev–Trinajstić information content (AvgIpc) is 1.85. The molecule has 0 fully saturated rings. The van der Waals surface area contributed by atoms with Crippen molar-refractivity contribution < 1.29 is 19.5 Å². The molecule has 1 atom stereocenters. The van der Waals surface area contributed by atoms with Crippen molar-refractivity contribution in [3.63, 3.8) is 0 Å². The number of allylic oxidation sites excluding steroid dienone is 2. The van der Waals surface area contributed by atoms with E-state index in [1.165, 1.54) is 6.08 Å². The first-order valence-electron chi connectivity index (χ1n) is 3.09. The number of carbonyl (C=O) groups is 3. The van der Waals surface area contributed by atoms with Gasteiger partial charge in [0.1, 0.15) is 0 Å². The van der Waals surface area contributed by atoms with Crippen LogP contribution in [0.25, 0.3) is 0 Å². The molecule has 0 aliphatic heterocycles. The highest BCUT2D eigenvalue weighted by atomic mass is 16.4. The van der Waals surface area contributed by atoms with Crippen molar-refractivity contribution in [3.8, 4) is 0 Å². The maximum atomic E-state index is 10.8. The van der Waals surface area contributed by atoms with Gasteiger partial charge >= 0.3 is 5.97 Å². The second-order valence-corrected chi connectivity index (χ2v) is 2.25. The van der Waals surface area contributed by atoms with Crippen molar-refractivity contribution in [2.45, 2.75) is 6.42 Å². The lowest BCUT2D eigenvalue weighted by Gasteiger charge is -2.09. The summed E-state index contributed by atoms with van der Waals surface area (Å²) < 4.78 is 0. The molecule has 0 aromatic rings. The van der Waals surface area contributed by atoms with Crippen LogP contribution in [0.4, 0.5) is 0 Å². The Morgan fingerprint density at radius 3 is 2.55 bits per heavy atom. The maximum absolute atomic E-state index is 10.8. The molecule has 0 aromatic heterocycles. The molecule has 0 radical (unpaired) electrons. The zero-order valence-electron chi connectivity index (χ0n) is 5.61. The first kappa shape index (κ1) is 7.65. The molecule has 4 nitrogen and oxygen atoms in total. The normalized spacial score (nSPS) is 23.8. The minimum Gasteiger partial charge on any atom is -0.480 e. The summed E-state index contributed by atoms with van der Waals surface area (Å²) in [4.78, 5) is 31.9. The lowest BCUT2D eigenvalue weighted by molar-refractivity contribution is -0.149. The van der Waals surface area contributed by atoms with Gasteiger partial charge in [0, 0.05) is 6.42 Å². The van der Waals surface area contributed by atoms with Gasteiger partial charge in [-0.15, -0.1) is 0 Å². The third-order valence-corrected chi connectivity index (χ3v) is 1.45. The molecule has 0 amide bonds. The molecule has 0 heterocycles. The number of aliphatic carboxylic acids is 1. The van der Waals surface area contributed by atoms with Crippen LogP contribution in [-0.2, 0) is 14.4 Å². The van der Waals surface area contributed by atoms with E-state index in [1.54, 1.807) is 0 Å². The highest BCUT2D eigenvalue weighted by Gasteiger charge is 2.33. The molecule has 1 unspecified atom stereocenters. The van der Waals surface area contributed by atoms with E-state index in [2.05, 4.69) is 0 Å². The number of rotatable bonds is 1. The first-order chi connectivity index (χ1) is 5.13. The van der Waals surface area contributed by atoms with Crippen molar-refractivity contribution in [1.29, 1.82) is 0 Å². The predicted octanol–water partition coefficient (Wildman–Crippen LogP) is -0.215. The Morgan fingerprint density at radius 2 is 2.18 bits per heavy atom. The molecule has 1 N–H and O–H groups in total. The second-order valence-electron chi connectivity index (χ2n) is 2.25. The van der Waals surface area contributed by atoms with Crippen LogP contribution >= 0.6 is 0 Å². The Morgan fingerprint density at radius 1 is 1.55 bits per heavy atom. The van der Waals surface area contributed by atoms with Gasteiger partial charge in [-0.3, -0.25) is 14.4 Å². The topological polar surface area (TPSA) is 71.4 Å². The third kappa shape index (κ3) is 1.34. The summed E-state index contributed by atoms with van der Waals surface area (Å²) in [7, 11) is 0. The van der Waals surface area contributed by atoms with Gasteiger partial charge in [0.25, 0.3) is 0 Å². The van der Waals surface area contributed by atoms with Crippen LogP contribution in [-0.4, -0.2) is 22.6 Å². The van der Waals surface area contributed by atoms with Crippen LogP contribution in [0.2, 0.25) is 0 Å². The number of carboxylic acid groups (broad SMARTS) is 1. The minimum atomic E-state index is -1.46. The standard InChI is InChI=1S/C7H6O4/c8-4-2-1-3-5(9)6(4)7(10)11/h1-2,6H,3H2,(H,10,11). The van der Waals surface area contributed by atoms with Gasteiger partial charge in [0.05, 0.1) is 0 Å². The number of ketones is 2. The summed E-state index contributed by atoms with van der Waals surface area (Å²) in [5, 5.41) is 8.40. The maximum Gasteiger partial charge on any atom is 0.322 e. The molecular weight excluding hydrogens is 148 g/mol. The summed E-state index contributed by atoms with van der Waals surface area (Å²) in [6, 6.07) is 0. The van der Waals surface area contributed by atoms with E-state index in [0.717, 1.165) is 6.08 Å². The Kier molecular flexibility index (Phi) is 1.85. The average molecular weight is 154 g/mol. The lowest BCUT2D eigenvalue weighted by Crippen LogP contribution is -2.32. The SMILES string of the molecule is O=C(O)C1C(=O)C=CCC1=O. The highest BCUT2D eigenvalue weighted by molar-refractivity contribution is 6.22. The van der Waals surface area contributed by atoms with E-state index in [4.69, 9.17) is 5.11 Å². The fourth-order valence-electron chi connectivity index (χ4n) is 0.923. The summed E-state index contributed by atoms with van der Waals surface area (Å²) in [5.41, 5.74) is 0. The van der Waals surface area contributed by atoms with Gasteiger partial charge in [-0.1, -0.05) is 6.08 Å². The summed E-state index contributed by atoms with van der Waals surface area (Å²) in [6.07, 6.45) is 2.56. The summed E-state index contributed by atoms with van der Waals surface area (Å²) in [6.45, 7) is 0. The van der Waals surface area contributed by atoms with Crippen LogP contribution in [0.3, 0.4) is 0 Å². The highest BCUT2D eigenvalue weighted by Crippen LogP contribution is 2.10. The predicted molar refractivity (Wildman–Crippen MR) is 34.9 cm³/mol. The molecule has 11 heavy (non-hydrogen) atoms. The van der Waals surface area contributed by atoms with Gasteiger partial charge in [-0.25, -0.2) is 0 Å². The monoisotopic (exact) mass is 154 g/mol. The third-order valence-electron chi connectivity index (χ3n) is 1.45. The Balaban J connectivity index is 2.92. The number of carboxylic acids is 1. The molecule has 4 heteroatoms. The van der Waals surface area contributed by atoms with E-state index >= 15 is 0 Å². The van der Waals surface area contributed by atoms with Gasteiger partial charge in [-0.05, 0) is 6.08 Å². The van der Waals surface area contributed by atoms with Gasteiger partial charge in [0.2, 0.25) is 0 Å². The van der Waals surface area contributed by atoms with Crippen LogP contribution in [0.15, 0.2) is 12.2 Å². The number of hydrogen-bond donors (Lipinski definition) is 1. The zero-order valence-corrected chi connectivity index (χ0v) is 5.61.